The molecule has 0 aliphatic carbocycles. The molecule has 0 radical (unpaired) electrons. The Balaban J connectivity index is 0.000000130. The summed E-state index contributed by atoms with van der Waals surface area (Å²) in [4.78, 5) is 14.2. The maximum atomic E-state index is 4.73. The Morgan fingerprint density at radius 2 is 1.87 bits per heavy atom. The fourth-order valence-electron chi connectivity index (χ4n) is 2.84. The average Bonchev–Trinajstić information content (AvgIpc) is 3.31. The molecule has 2 aliphatic rings. The fourth-order valence-corrected chi connectivity index (χ4v) is 3.88. The van der Waals surface area contributed by atoms with Crippen LogP contribution in [-0.2, 0) is 0 Å². The molecule has 1 atom stereocenters. The number of nitrogens with zero attached hydrogens (tertiary/aromatic N) is 3. The third-order valence-corrected chi connectivity index (χ3v) is 5.04. The second-order valence-corrected chi connectivity index (χ2v) is 6.61. The van der Waals surface area contributed by atoms with Crippen LogP contribution >= 0.6 is 11.8 Å². The van der Waals surface area contributed by atoms with Crippen LogP contribution in [0, 0.1) is 0 Å². The minimum absolute atomic E-state index is 0.374. The molecule has 0 amide bonds. The molecule has 5 rings (SSSR count). The number of hydrogen-bond acceptors (Lipinski definition) is 4. The number of aromatic amines is 1. The quantitative estimate of drug-likeness (QED) is 0.743. The predicted octanol–water partition coefficient (Wildman–Crippen LogP) is 3.71. The lowest BCUT2D eigenvalue weighted by Crippen LogP contribution is -2.21. The molecule has 1 N–H and O–H groups in total. The molecule has 0 bridgehead atoms. The highest BCUT2D eigenvalue weighted by Crippen LogP contribution is 2.31. The van der Waals surface area contributed by atoms with Crippen molar-refractivity contribution < 1.29 is 0 Å². The molecule has 3 heterocycles. The number of fused-ring (bicyclic) bond motifs is 2. The van der Waals surface area contributed by atoms with Gasteiger partial charge in [0.05, 0.1) is 23.4 Å². The largest absolute Gasteiger partial charge is 0.348 e. The smallest absolute Gasteiger partial charge is 0.160 e. The van der Waals surface area contributed by atoms with Gasteiger partial charge in [-0.1, -0.05) is 54.2 Å². The van der Waals surface area contributed by atoms with Crippen molar-refractivity contribution >= 4 is 28.0 Å². The van der Waals surface area contributed by atoms with Crippen LogP contribution < -0.4 is 0 Å². The number of amidine groups is 1. The van der Waals surface area contributed by atoms with Crippen LogP contribution in [-0.4, -0.2) is 38.9 Å². The highest BCUT2D eigenvalue weighted by Gasteiger charge is 2.29. The number of aromatic nitrogens is 2. The third-order valence-electron chi connectivity index (χ3n) is 4.03. The maximum absolute atomic E-state index is 4.73. The Kier molecular flexibility index (Phi) is 4.03. The van der Waals surface area contributed by atoms with Crippen molar-refractivity contribution in [2.24, 2.45) is 4.99 Å². The lowest BCUT2D eigenvalue weighted by Gasteiger charge is -2.12. The first-order chi connectivity index (χ1) is 11.4. The lowest BCUT2D eigenvalue weighted by atomic mass is 10.1. The number of H-pyrrole nitrogens is 1. The Hall–Kier alpha value is -2.27. The first-order valence-electron chi connectivity index (χ1n) is 7.79. The van der Waals surface area contributed by atoms with Gasteiger partial charge in [0.2, 0.25) is 0 Å². The van der Waals surface area contributed by atoms with Crippen LogP contribution in [0.3, 0.4) is 0 Å². The SMILES string of the molecule is c1ccc([C@H]2CN3CCSC3=N2)cc1.c1ccc2[nH]cnc2c1. The minimum Gasteiger partial charge on any atom is -0.348 e. The predicted molar refractivity (Wildman–Crippen MR) is 96.7 cm³/mol. The average molecular weight is 322 g/mol. The molecular formula is C18H18N4S. The summed E-state index contributed by atoms with van der Waals surface area (Å²) in [7, 11) is 0. The van der Waals surface area contributed by atoms with E-state index in [1.54, 1.807) is 6.33 Å². The van der Waals surface area contributed by atoms with Gasteiger partial charge < -0.3 is 9.88 Å². The number of imidazole rings is 1. The third kappa shape index (κ3) is 3.10. The van der Waals surface area contributed by atoms with Gasteiger partial charge in [-0.25, -0.2) is 4.98 Å². The van der Waals surface area contributed by atoms with E-state index in [0.717, 1.165) is 17.6 Å². The van der Waals surface area contributed by atoms with E-state index in [1.165, 1.54) is 23.0 Å². The van der Waals surface area contributed by atoms with Crippen molar-refractivity contribution in [2.45, 2.75) is 6.04 Å². The topological polar surface area (TPSA) is 44.3 Å². The molecule has 1 saturated heterocycles. The standard InChI is InChI=1S/C11H12N2S.C7H6N2/c1-2-4-9(5-3-1)10-8-13-6-7-14-11(13)12-10;1-2-4-7-6(3-1)8-5-9-7/h1-5,10H,6-8H2;1-5H,(H,8,9)/t10-;/m1./s1. The van der Waals surface area contributed by atoms with Crippen molar-refractivity contribution in [3.63, 3.8) is 0 Å². The summed E-state index contributed by atoms with van der Waals surface area (Å²) in [5.41, 5.74) is 3.46. The maximum Gasteiger partial charge on any atom is 0.160 e. The van der Waals surface area contributed by atoms with E-state index in [4.69, 9.17) is 4.99 Å². The Bertz CT molecular complexity index is 782. The molecule has 5 heteroatoms. The number of nitrogens with one attached hydrogen (secondary N) is 1. The molecule has 4 nitrogen and oxygen atoms in total. The molecule has 1 fully saturated rings. The Morgan fingerprint density at radius 3 is 2.70 bits per heavy atom. The van der Waals surface area contributed by atoms with Gasteiger partial charge in [0.25, 0.3) is 0 Å². The van der Waals surface area contributed by atoms with Crippen LogP contribution in [0.2, 0.25) is 0 Å². The number of hydrogen-bond donors (Lipinski definition) is 1. The Labute approximate surface area is 139 Å². The van der Waals surface area contributed by atoms with E-state index in [1.807, 2.05) is 36.0 Å². The fraction of sp³-hybridized carbons (Fsp3) is 0.222. The molecule has 0 spiro atoms. The summed E-state index contributed by atoms with van der Waals surface area (Å²) in [6, 6.07) is 18.9. The van der Waals surface area contributed by atoms with E-state index < -0.39 is 0 Å². The van der Waals surface area contributed by atoms with E-state index in [0.29, 0.717) is 6.04 Å². The van der Waals surface area contributed by atoms with E-state index in [2.05, 4.69) is 45.2 Å². The van der Waals surface area contributed by atoms with Gasteiger partial charge in [0, 0.05) is 18.8 Å². The van der Waals surface area contributed by atoms with E-state index in [-0.39, 0.29) is 0 Å². The van der Waals surface area contributed by atoms with Gasteiger partial charge >= 0.3 is 0 Å². The molecular weight excluding hydrogens is 304 g/mol. The van der Waals surface area contributed by atoms with Gasteiger partial charge in [-0.15, -0.1) is 0 Å². The summed E-state index contributed by atoms with van der Waals surface area (Å²) >= 11 is 1.89. The second kappa shape index (κ2) is 6.46. The zero-order valence-electron chi connectivity index (χ0n) is 12.7. The van der Waals surface area contributed by atoms with Gasteiger partial charge in [-0.2, -0.15) is 0 Å². The molecule has 2 aliphatic heterocycles. The van der Waals surface area contributed by atoms with Crippen molar-refractivity contribution in [3.05, 3.63) is 66.5 Å². The zero-order chi connectivity index (χ0) is 15.5. The van der Waals surface area contributed by atoms with Crippen molar-refractivity contribution in [2.75, 3.05) is 18.8 Å². The van der Waals surface area contributed by atoms with Crippen LogP contribution in [0.5, 0.6) is 0 Å². The van der Waals surface area contributed by atoms with Crippen LogP contribution in [0.15, 0.2) is 65.9 Å². The van der Waals surface area contributed by atoms with E-state index >= 15 is 0 Å². The molecule has 23 heavy (non-hydrogen) atoms. The normalized spacial score (nSPS) is 19.2. The highest BCUT2D eigenvalue weighted by atomic mass is 32.2. The molecule has 1 aromatic heterocycles. The molecule has 0 saturated carbocycles. The minimum atomic E-state index is 0.374. The van der Waals surface area contributed by atoms with Gasteiger partial charge in [0.15, 0.2) is 5.17 Å². The number of rotatable bonds is 1. The van der Waals surface area contributed by atoms with Crippen LogP contribution in [0.1, 0.15) is 11.6 Å². The Morgan fingerprint density at radius 1 is 1.04 bits per heavy atom. The van der Waals surface area contributed by atoms with Gasteiger partial charge in [-0.3, -0.25) is 4.99 Å². The highest BCUT2D eigenvalue weighted by molar-refractivity contribution is 8.14. The first kappa shape index (κ1) is 14.3. The molecule has 116 valence electrons. The first-order valence-corrected chi connectivity index (χ1v) is 8.77. The number of benzene rings is 2. The summed E-state index contributed by atoms with van der Waals surface area (Å²) in [5.74, 6) is 1.21. The van der Waals surface area contributed by atoms with Gasteiger partial charge in [-0.05, 0) is 17.7 Å². The number of para-hydroxylation sites is 2. The number of aliphatic imine (C=N–C) groups is 1. The van der Waals surface area contributed by atoms with Crippen molar-refractivity contribution in [3.8, 4) is 0 Å². The van der Waals surface area contributed by atoms with E-state index in [9.17, 15) is 0 Å². The van der Waals surface area contributed by atoms with Crippen molar-refractivity contribution in [1.82, 2.24) is 14.9 Å². The molecule has 2 aromatic carbocycles. The summed E-state index contributed by atoms with van der Waals surface area (Å²) in [6.07, 6.45) is 1.70. The molecule has 0 unspecified atom stereocenters. The van der Waals surface area contributed by atoms with Crippen LogP contribution in [0.4, 0.5) is 0 Å². The summed E-state index contributed by atoms with van der Waals surface area (Å²) < 4.78 is 0. The monoisotopic (exact) mass is 322 g/mol. The number of thioether (sulfide) groups is 1. The summed E-state index contributed by atoms with van der Waals surface area (Å²) in [6.45, 7) is 2.25. The van der Waals surface area contributed by atoms with Crippen LogP contribution in [0.25, 0.3) is 11.0 Å². The van der Waals surface area contributed by atoms with Gasteiger partial charge in [0.1, 0.15) is 0 Å². The van der Waals surface area contributed by atoms with Crippen molar-refractivity contribution in [1.29, 1.82) is 0 Å². The summed E-state index contributed by atoms with van der Waals surface area (Å²) in [5, 5.41) is 1.25. The molecule has 3 aromatic rings. The lowest BCUT2D eigenvalue weighted by molar-refractivity contribution is 0.464. The zero-order valence-corrected chi connectivity index (χ0v) is 13.5. The second-order valence-electron chi connectivity index (χ2n) is 5.55.